The van der Waals surface area contributed by atoms with Gasteiger partial charge in [0.2, 0.25) is 0 Å². The van der Waals surface area contributed by atoms with Crippen molar-refractivity contribution < 1.29 is 27.7 Å². The minimum atomic E-state index is -4.56. The molecule has 0 saturated carbocycles. The van der Waals surface area contributed by atoms with Gasteiger partial charge in [0.25, 0.3) is 21.6 Å². The van der Waals surface area contributed by atoms with E-state index in [-0.39, 0.29) is 32.7 Å². The first-order valence-corrected chi connectivity index (χ1v) is 19.8. The number of hydrogen-bond acceptors (Lipinski definition) is 10. The molecule has 5 aromatic rings. The number of thiophene rings is 3. The highest BCUT2D eigenvalue weighted by Crippen LogP contribution is 2.55. The fourth-order valence-electron chi connectivity index (χ4n) is 5.33. The highest BCUT2D eigenvalue weighted by atomic mass is 32.2. The van der Waals surface area contributed by atoms with Crippen molar-refractivity contribution in [2.24, 2.45) is 0 Å². The van der Waals surface area contributed by atoms with Crippen LogP contribution in [0.15, 0.2) is 124 Å². The number of ether oxygens (including phenoxy) is 1. The van der Waals surface area contributed by atoms with Gasteiger partial charge in [0.05, 0.1) is 27.9 Å². The van der Waals surface area contributed by atoms with Crippen LogP contribution in [0.3, 0.4) is 0 Å². The number of non-ortho nitro benzene ring substituents is 1. The Morgan fingerprint density at radius 1 is 0.872 bits per heavy atom. The minimum absolute atomic E-state index is 0.0188. The Balaban J connectivity index is 1.84. The van der Waals surface area contributed by atoms with Gasteiger partial charge >= 0.3 is 5.97 Å². The van der Waals surface area contributed by atoms with Gasteiger partial charge in [-0.05, 0) is 71.6 Å². The molecule has 1 amide bonds. The Morgan fingerprint density at radius 2 is 1.40 bits per heavy atom. The lowest BCUT2D eigenvalue weighted by molar-refractivity contribution is -0.384. The molecule has 0 saturated heterocycles. The van der Waals surface area contributed by atoms with Crippen LogP contribution >= 0.6 is 40.9 Å². The van der Waals surface area contributed by atoms with E-state index in [0.717, 1.165) is 29.8 Å². The average molecular weight is 721 g/mol. The molecule has 0 atom stereocenters. The van der Waals surface area contributed by atoms with E-state index in [4.69, 9.17) is 4.74 Å². The predicted octanol–water partition coefficient (Wildman–Crippen LogP) is 5.93. The molecule has 0 spiro atoms. The maximum atomic E-state index is 15.3. The second kappa shape index (κ2) is 13.0. The van der Waals surface area contributed by atoms with Crippen molar-refractivity contribution in [1.29, 1.82) is 0 Å². The lowest BCUT2D eigenvalue weighted by Crippen LogP contribution is -2.37. The van der Waals surface area contributed by atoms with E-state index < -0.39 is 33.7 Å². The van der Waals surface area contributed by atoms with Crippen molar-refractivity contribution in [3.8, 4) is 0 Å². The van der Waals surface area contributed by atoms with Gasteiger partial charge in [0.1, 0.15) is 0 Å². The molecule has 2 aromatic carbocycles. The Labute approximate surface area is 282 Å². The van der Waals surface area contributed by atoms with Crippen LogP contribution in [0, 0.1) is 17.0 Å². The second-order valence-corrected chi connectivity index (χ2v) is 19.0. The molecule has 0 radical (unpaired) electrons. The second-order valence-electron chi connectivity index (χ2n) is 10.2. The van der Waals surface area contributed by atoms with Crippen LogP contribution in [-0.4, -0.2) is 41.9 Å². The maximum Gasteiger partial charge on any atom is 0.330 e. The van der Waals surface area contributed by atoms with Crippen LogP contribution < -0.4 is 13.9 Å². The normalized spacial score (nSPS) is 14.0. The van der Waals surface area contributed by atoms with Crippen LogP contribution in [0.25, 0.3) is 5.70 Å². The van der Waals surface area contributed by atoms with Crippen molar-refractivity contribution in [3.05, 3.63) is 140 Å². The maximum absolute atomic E-state index is 15.3. The standard InChI is InChI=1S/C33H25N2O7PS4/c1-22-9-15-25(16-10-22)47(40,41)34-31(23-11-13-24(14-12-23)35(38)39)26(17-18-27(36)42-2)32(33(34)37)43(28-6-3-19-44-28,29-7-4-20-45-29)30-8-5-21-46-30/h3-21H,1-2H3/b18-17+. The van der Waals surface area contributed by atoms with Gasteiger partial charge in [-0.2, -0.15) is 4.31 Å². The van der Waals surface area contributed by atoms with Gasteiger partial charge in [-0.1, -0.05) is 35.9 Å². The number of aryl methyl sites for hydroxylation is 1. The molecule has 1 aliphatic heterocycles. The van der Waals surface area contributed by atoms with E-state index in [1.54, 1.807) is 12.1 Å². The van der Waals surface area contributed by atoms with Gasteiger partial charge in [-0.25, -0.2) is 13.2 Å². The fourth-order valence-corrected chi connectivity index (χ4v) is 16.9. The number of esters is 1. The summed E-state index contributed by atoms with van der Waals surface area (Å²) in [5, 5.41) is 17.5. The Morgan fingerprint density at radius 3 is 1.85 bits per heavy atom. The summed E-state index contributed by atoms with van der Waals surface area (Å²) in [6.07, 6.45) is 2.58. The molecule has 14 heteroatoms. The van der Waals surface area contributed by atoms with Crippen molar-refractivity contribution >= 4 is 93.3 Å². The highest BCUT2D eigenvalue weighted by Gasteiger charge is 2.49. The summed E-state index contributed by atoms with van der Waals surface area (Å²) < 4.78 is 37.6. The number of nitrogens with zero attached hydrogens (tertiary/aromatic N) is 2. The van der Waals surface area contributed by atoms with Crippen molar-refractivity contribution in [2.75, 3.05) is 7.11 Å². The molecule has 0 bridgehead atoms. The number of amides is 1. The zero-order valence-electron chi connectivity index (χ0n) is 24.8. The minimum Gasteiger partial charge on any atom is -0.466 e. The summed E-state index contributed by atoms with van der Waals surface area (Å²) in [5.41, 5.74) is 1.04. The van der Waals surface area contributed by atoms with Gasteiger partial charge in [-0.3, -0.25) is 14.9 Å². The zero-order chi connectivity index (χ0) is 33.3. The lowest BCUT2D eigenvalue weighted by Gasteiger charge is -2.27. The number of allylic oxidation sites excluding steroid dienone is 1. The fraction of sp³-hybridized carbons (Fsp3) is 0.0606. The number of hydrogen-bond donors (Lipinski definition) is 0. The molecule has 6 rings (SSSR count). The Hall–Kier alpha value is -4.39. The molecule has 0 N–H and O–H groups in total. The van der Waals surface area contributed by atoms with E-state index in [1.165, 1.54) is 83.6 Å². The van der Waals surface area contributed by atoms with Crippen molar-refractivity contribution in [2.45, 2.75) is 11.8 Å². The number of sulfonamides is 1. The van der Waals surface area contributed by atoms with E-state index in [0.29, 0.717) is 0 Å². The summed E-state index contributed by atoms with van der Waals surface area (Å²) in [6, 6.07) is 23.0. The van der Waals surface area contributed by atoms with E-state index in [1.807, 2.05) is 59.5 Å². The quantitative estimate of drug-likeness (QED) is 0.0609. The molecular formula is C33H25N2O7PS4. The van der Waals surface area contributed by atoms with Gasteiger partial charge in [-0.15, -0.1) is 34.0 Å². The molecule has 47 heavy (non-hydrogen) atoms. The van der Waals surface area contributed by atoms with E-state index in [9.17, 15) is 23.3 Å². The zero-order valence-corrected chi connectivity index (χ0v) is 29.0. The number of nitro groups is 1. The number of carbonyl (C=O) groups excluding carboxylic acids is 2. The molecule has 238 valence electrons. The topological polar surface area (TPSA) is 124 Å². The smallest absolute Gasteiger partial charge is 0.330 e. The van der Waals surface area contributed by atoms with Crippen molar-refractivity contribution in [1.82, 2.24) is 4.31 Å². The molecule has 0 aliphatic carbocycles. The Kier molecular flexibility index (Phi) is 9.01. The third kappa shape index (κ3) is 5.64. The lowest BCUT2D eigenvalue weighted by atomic mass is 10.1. The highest BCUT2D eigenvalue weighted by molar-refractivity contribution is 8.05. The number of rotatable bonds is 9. The van der Waals surface area contributed by atoms with Crippen LogP contribution in [-0.2, 0) is 24.3 Å². The summed E-state index contributed by atoms with van der Waals surface area (Å²) in [5.74, 6) is -1.48. The molecule has 0 unspecified atom stereocenters. The first kappa shape index (κ1) is 32.5. The number of nitro benzene ring substituents is 1. The van der Waals surface area contributed by atoms with Crippen LogP contribution in [0.4, 0.5) is 5.69 Å². The molecule has 4 heterocycles. The average Bonchev–Trinajstić information content (AvgIpc) is 3.90. The predicted molar refractivity (Wildman–Crippen MR) is 190 cm³/mol. The SMILES string of the molecule is COC(=O)/C=C/C1=C(c2ccc([N+](=O)[O-])cc2)N(S(=O)(=O)c2ccc(C)cc2)C(=O)C1=P(c1cccs1)(c1cccs1)c1cccs1. The van der Waals surface area contributed by atoms with Gasteiger partial charge in [0, 0.05) is 50.1 Å². The third-order valence-corrected chi connectivity index (χ3v) is 18.1. The first-order valence-electron chi connectivity index (χ1n) is 13.9. The van der Waals surface area contributed by atoms with Crippen LogP contribution in [0.2, 0.25) is 0 Å². The Bertz CT molecular complexity index is 2110. The monoisotopic (exact) mass is 720 g/mol. The first-order chi connectivity index (χ1) is 22.6. The van der Waals surface area contributed by atoms with Crippen LogP contribution in [0.5, 0.6) is 0 Å². The molecular weight excluding hydrogens is 696 g/mol. The number of methoxy groups -OCH3 is 1. The molecule has 3 aromatic heterocycles. The summed E-state index contributed by atoms with van der Waals surface area (Å²) in [7, 11) is -3.34. The summed E-state index contributed by atoms with van der Waals surface area (Å²) >= 11 is 4.39. The number of carbonyl (C=O) groups is 2. The molecule has 0 fully saturated rings. The van der Waals surface area contributed by atoms with E-state index in [2.05, 4.69) is 0 Å². The van der Waals surface area contributed by atoms with Gasteiger partial charge < -0.3 is 4.74 Å². The number of benzene rings is 2. The van der Waals surface area contributed by atoms with Gasteiger partial charge in [0.15, 0.2) is 0 Å². The van der Waals surface area contributed by atoms with Crippen molar-refractivity contribution in [3.63, 3.8) is 0 Å². The largest absolute Gasteiger partial charge is 0.466 e. The summed E-state index contributed by atoms with van der Waals surface area (Å²) in [6.45, 7) is -1.26. The molecule has 1 aliphatic rings. The van der Waals surface area contributed by atoms with Crippen LogP contribution in [0.1, 0.15) is 11.1 Å². The van der Waals surface area contributed by atoms with E-state index >= 15 is 4.79 Å². The molecule has 9 nitrogen and oxygen atoms in total. The summed E-state index contributed by atoms with van der Waals surface area (Å²) in [4.78, 5) is 38.7. The third-order valence-electron chi connectivity index (χ3n) is 7.44.